The summed E-state index contributed by atoms with van der Waals surface area (Å²) in [6.07, 6.45) is -1.61. The maximum absolute atomic E-state index is 12.9. The summed E-state index contributed by atoms with van der Waals surface area (Å²) in [7, 11) is 0. The van der Waals surface area contributed by atoms with Gasteiger partial charge in [-0.1, -0.05) is 0 Å². The van der Waals surface area contributed by atoms with Crippen LogP contribution in [0.15, 0.2) is 48.8 Å². The highest BCUT2D eigenvalue weighted by molar-refractivity contribution is 5.94. The van der Waals surface area contributed by atoms with Gasteiger partial charge in [0.2, 0.25) is 0 Å². The topological polar surface area (TPSA) is 81.3 Å². The highest BCUT2D eigenvalue weighted by atomic mass is 19.4. The van der Waals surface area contributed by atoms with Crippen LogP contribution in [0, 0.1) is 10.1 Å². The molecule has 0 saturated carbocycles. The van der Waals surface area contributed by atoms with Crippen molar-refractivity contribution in [1.82, 2.24) is 14.5 Å². The van der Waals surface area contributed by atoms with Crippen molar-refractivity contribution in [1.29, 1.82) is 0 Å². The second-order valence-electron chi connectivity index (χ2n) is 7.18. The Kier molecular flexibility index (Phi) is 4.92. The predicted molar refractivity (Wildman–Crippen MR) is 102 cm³/mol. The molecule has 30 heavy (non-hydrogen) atoms. The van der Waals surface area contributed by atoms with Crippen molar-refractivity contribution in [2.24, 2.45) is 0 Å². The zero-order valence-electron chi connectivity index (χ0n) is 15.7. The molecule has 1 saturated heterocycles. The van der Waals surface area contributed by atoms with E-state index in [-0.39, 0.29) is 23.2 Å². The number of rotatable bonds is 3. The summed E-state index contributed by atoms with van der Waals surface area (Å²) in [6, 6.07) is 9.02. The number of nitro groups is 1. The number of hydrogen-bond acceptors (Lipinski definition) is 4. The van der Waals surface area contributed by atoms with Crippen LogP contribution in [-0.2, 0) is 6.18 Å². The molecule has 0 unspecified atom stereocenters. The summed E-state index contributed by atoms with van der Waals surface area (Å²) >= 11 is 0. The first-order valence-electron chi connectivity index (χ1n) is 9.31. The minimum atomic E-state index is -4.42. The van der Waals surface area contributed by atoms with Crippen LogP contribution in [0.5, 0.6) is 0 Å². The lowest BCUT2D eigenvalue weighted by atomic mass is 10.0. The minimum absolute atomic E-state index is 0.0210. The quantitative estimate of drug-likeness (QED) is 0.465. The van der Waals surface area contributed by atoms with Crippen molar-refractivity contribution in [3.05, 3.63) is 70.0 Å². The Morgan fingerprint density at radius 3 is 2.37 bits per heavy atom. The number of likely N-dealkylation sites (tertiary alicyclic amines) is 1. The van der Waals surface area contributed by atoms with E-state index in [1.54, 1.807) is 11.2 Å². The normalized spacial score (nSPS) is 15.5. The fourth-order valence-corrected chi connectivity index (χ4v) is 3.75. The summed E-state index contributed by atoms with van der Waals surface area (Å²) in [5.41, 5.74) is 0.485. The average molecular weight is 418 g/mol. The van der Waals surface area contributed by atoms with Crippen LogP contribution < -0.4 is 0 Å². The van der Waals surface area contributed by atoms with Crippen molar-refractivity contribution in [3.8, 4) is 0 Å². The fraction of sp³-hybridized carbons (Fsp3) is 0.300. The number of nitrogens with zero attached hydrogens (tertiary/aromatic N) is 4. The largest absolute Gasteiger partial charge is 0.416 e. The summed E-state index contributed by atoms with van der Waals surface area (Å²) in [5.74, 6) is -0.200. The van der Waals surface area contributed by atoms with Gasteiger partial charge in [0.15, 0.2) is 0 Å². The molecular formula is C20H17F3N4O3. The molecule has 7 nitrogen and oxygen atoms in total. The van der Waals surface area contributed by atoms with Crippen molar-refractivity contribution in [3.63, 3.8) is 0 Å². The standard InChI is InChI=1S/C20H17F3N4O3/c21-20(22,23)14-3-6-18-17(11-14)24-12-26(18)15-7-9-25(10-8-15)19(28)13-1-4-16(5-2-13)27(29)30/h1-6,11-12,15H,7-10H2. The number of piperidine rings is 1. The third kappa shape index (κ3) is 3.72. The molecule has 0 aliphatic carbocycles. The number of nitro benzene ring substituents is 1. The van der Waals surface area contributed by atoms with Crippen LogP contribution in [0.1, 0.15) is 34.8 Å². The Balaban J connectivity index is 1.45. The van der Waals surface area contributed by atoms with Crippen molar-refractivity contribution >= 4 is 22.6 Å². The van der Waals surface area contributed by atoms with Crippen molar-refractivity contribution in [2.45, 2.75) is 25.1 Å². The number of carbonyl (C=O) groups is 1. The molecule has 0 N–H and O–H groups in total. The zero-order chi connectivity index (χ0) is 21.5. The van der Waals surface area contributed by atoms with Gasteiger partial charge in [0.25, 0.3) is 11.6 Å². The fourth-order valence-electron chi connectivity index (χ4n) is 3.75. The van der Waals surface area contributed by atoms with Gasteiger partial charge in [0.05, 0.1) is 27.8 Å². The Morgan fingerprint density at radius 1 is 1.10 bits per heavy atom. The average Bonchev–Trinajstić information content (AvgIpc) is 3.16. The van der Waals surface area contributed by atoms with E-state index in [9.17, 15) is 28.1 Å². The van der Waals surface area contributed by atoms with Crippen LogP contribution in [-0.4, -0.2) is 38.4 Å². The van der Waals surface area contributed by atoms with E-state index >= 15 is 0 Å². The Morgan fingerprint density at radius 2 is 1.77 bits per heavy atom. The number of imidazole rings is 1. The number of benzene rings is 2. The highest BCUT2D eigenvalue weighted by Crippen LogP contribution is 2.33. The Hall–Kier alpha value is -3.43. The lowest BCUT2D eigenvalue weighted by molar-refractivity contribution is -0.384. The molecular weight excluding hydrogens is 401 g/mol. The van der Waals surface area contributed by atoms with E-state index in [4.69, 9.17) is 0 Å². The number of alkyl halides is 3. The molecule has 1 amide bonds. The molecule has 1 fully saturated rings. The number of amides is 1. The second-order valence-corrected chi connectivity index (χ2v) is 7.18. The molecule has 0 spiro atoms. The first-order valence-corrected chi connectivity index (χ1v) is 9.31. The van der Waals surface area contributed by atoms with Crippen LogP contribution in [0.4, 0.5) is 18.9 Å². The SMILES string of the molecule is O=C(c1ccc([N+](=O)[O-])cc1)N1CCC(n2cnc3cc(C(F)(F)F)ccc32)CC1. The monoisotopic (exact) mass is 418 g/mol. The number of carbonyl (C=O) groups excluding carboxylic acids is 1. The molecule has 1 aliphatic heterocycles. The van der Waals surface area contributed by atoms with E-state index in [1.807, 2.05) is 4.57 Å². The van der Waals surface area contributed by atoms with Crippen LogP contribution in [0.25, 0.3) is 11.0 Å². The summed E-state index contributed by atoms with van der Waals surface area (Å²) in [5, 5.41) is 10.7. The summed E-state index contributed by atoms with van der Waals surface area (Å²) in [4.78, 5) is 28.7. The lowest BCUT2D eigenvalue weighted by Crippen LogP contribution is -2.39. The summed E-state index contributed by atoms with van der Waals surface area (Å²) < 4.78 is 40.5. The van der Waals surface area contributed by atoms with Gasteiger partial charge < -0.3 is 9.47 Å². The van der Waals surface area contributed by atoms with Crippen LogP contribution in [0.3, 0.4) is 0 Å². The maximum atomic E-state index is 12.9. The number of fused-ring (bicyclic) bond motifs is 1. The first-order chi connectivity index (χ1) is 14.2. The highest BCUT2D eigenvalue weighted by Gasteiger charge is 2.31. The van der Waals surface area contributed by atoms with Gasteiger partial charge in [0.1, 0.15) is 0 Å². The summed E-state index contributed by atoms with van der Waals surface area (Å²) in [6.45, 7) is 0.946. The van der Waals surface area contributed by atoms with Gasteiger partial charge in [-0.05, 0) is 43.2 Å². The second kappa shape index (κ2) is 7.43. The van der Waals surface area contributed by atoms with Crippen molar-refractivity contribution < 1.29 is 22.9 Å². The predicted octanol–water partition coefficient (Wildman–Crippen LogP) is 4.44. The lowest BCUT2D eigenvalue weighted by Gasteiger charge is -2.33. The van der Waals surface area contributed by atoms with E-state index in [0.717, 1.165) is 12.1 Å². The van der Waals surface area contributed by atoms with Gasteiger partial charge in [-0.15, -0.1) is 0 Å². The number of hydrogen-bond donors (Lipinski definition) is 0. The smallest absolute Gasteiger partial charge is 0.338 e. The van der Waals surface area contributed by atoms with Gasteiger partial charge in [-0.25, -0.2) is 4.98 Å². The third-order valence-corrected chi connectivity index (χ3v) is 5.37. The molecule has 4 rings (SSSR count). The molecule has 0 atom stereocenters. The van der Waals surface area contributed by atoms with E-state index in [2.05, 4.69) is 4.98 Å². The number of non-ortho nitro benzene ring substituents is 1. The molecule has 1 aliphatic rings. The first kappa shape index (κ1) is 19.9. The van der Waals surface area contributed by atoms with Gasteiger partial charge in [-0.2, -0.15) is 13.2 Å². The van der Waals surface area contributed by atoms with Gasteiger partial charge in [0, 0.05) is 36.8 Å². The van der Waals surface area contributed by atoms with Gasteiger partial charge in [-0.3, -0.25) is 14.9 Å². The number of aromatic nitrogens is 2. The Bertz CT molecular complexity index is 1100. The Labute approximate surface area is 168 Å². The van der Waals surface area contributed by atoms with Crippen LogP contribution >= 0.6 is 0 Å². The molecule has 2 heterocycles. The molecule has 1 aromatic heterocycles. The van der Waals surface area contributed by atoms with Crippen molar-refractivity contribution in [2.75, 3.05) is 13.1 Å². The van der Waals surface area contributed by atoms with Gasteiger partial charge >= 0.3 is 6.18 Å². The number of halogens is 3. The molecule has 0 bridgehead atoms. The molecule has 3 aromatic rings. The van der Waals surface area contributed by atoms with E-state index < -0.39 is 16.7 Å². The van der Waals surface area contributed by atoms with E-state index in [0.29, 0.717) is 37.0 Å². The third-order valence-electron chi connectivity index (χ3n) is 5.37. The van der Waals surface area contributed by atoms with E-state index in [1.165, 1.54) is 30.3 Å². The van der Waals surface area contributed by atoms with Crippen LogP contribution in [0.2, 0.25) is 0 Å². The molecule has 2 aromatic carbocycles. The molecule has 156 valence electrons. The maximum Gasteiger partial charge on any atom is 0.416 e. The molecule has 0 radical (unpaired) electrons. The zero-order valence-corrected chi connectivity index (χ0v) is 15.7. The minimum Gasteiger partial charge on any atom is -0.338 e. The molecule has 10 heteroatoms.